The second kappa shape index (κ2) is 11.0. The van der Waals surface area contributed by atoms with Crippen molar-refractivity contribution in [2.75, 3.05) is 13.7 Å². The molecular formula is C22H25F6N3O2. The Hall–Kier alpha value is -2.66. The van der Waals surface area contributed by atoms with Gasteiger partial charge in [-0.3, -0.25) is 14.2 Å². The Morgan fingerprint density at radius 2 is 1.67 bits per heavy atom. The number of alkyl halides is 6. The maximum Gasteiger partial charge on any atom is 0.409 e. The van der Waals surface area contributed by atoms with Crippen molar-refractivity contribution in [3.63, 3.8) is 0 Å². The van der Waals surface area contributed by atoms with E-state index in [4.69, 9.17) is 4.74 Å². The zero-order valence-corrected chi connectivity index (χ0v) is 18.2. The standard InChI is InChI=1S/C22H25F6N3O2/c1-21(2,31-20(32)19(24)25)33-17(10-11-23)14-6-4-13(5-7-14)15-8-9-16(30-12-15)18(29-3)22(26,27)28/h4-9,12,17-19,29H,10-11H2,1-3H3,(H,31,32)/t17-,18?/m0/s1. The van der Waals surface area contributed by atoms with Crippen LogP contribution < -0.4 is 10.6 Å². The average molecular weight is 477 g/mol. The van der Waals surface area contributed by atoms with Crippen LogP contribution in [0.25, 0.3) is 11.1 Å². The topological polar surface area (TPSA) is 63.2 Å². The lowest BCUT2D eigenvalue weighted by atomic mass is 10.0. The van der Waals surface area contributed by atoms with Crippen LogP contribution in [0, 0.1) is 0 Å². The lowest BCUT2D eigenvalue weighted by Crippen LogP contribution is -2.48. The molecule has 2 N–H and O–H groups in total. The average Bonchev–Trinajstić information content (AvgIpc) is 2.73. The van der Waals surface area contributed by atoms with E-state index in [9.17, 15) is 31.1 Å². The van der Waals surface area contributed by atoms with Crippen molar-refractivity contribution in [3.05, 3.63) is 53.9 Å². The first kappa shape index (κ1) is 26.6. The number of nitrogens with one attached hydrogen (secondary N) is 2. The number of benzene rings is 1. The van der Waals surface area contributed by atoms with Crippen LogP contribution in [0.15, 0.2) is 42.6 Å². The van der Waals surface area contributed by atoms with E-state index in [1.807, 2.05) is 0 Å². The molecule has 1 heterocycles. The number of pyridine rings is 1. The smallest absolute Gasteiger partial charge is 0.348 e. The number of rotatable bonds is 10. The van der Waals surface area contributed by atoms with Crippen LogP contribution in [0.3, 0.4) is 0 Å². The number of hydrogen-bond acceptors (Lipinski definition) is 4. The number of ether oxygens (including phenoxy) is 1. The molecular weight excluding hydrogens is 452 g/mol. The fourth-order valence-corrected chi connectivity index (χ4v) is 3.25. The second-order valence-electron chi connectivity index (χ2n) is 7.74. The number of carbonyl (C=O) groups is 1. The summed E-state index contributed by atoms with van der Waals surface area (Å²) < 4.78 is 82.9. The monoisotopic (exact) mass is 477 g/mol. The highest BCUT2D eigenvalue weighted by atomic mass is 19.4. The summed E-state index contributed by atoms with van der Waals surface area (Å²) in [4.78, 5) is 15.2. The number of aromatic nitrogens is 1. The first-order valence-corrected chi connectivity index (χ1v) is 10.0. The third-order valence-corrected chi connectivity index (χ3v) is 4.74. The summed E-state index contributed by atoms with van der Waals surface area (Å²) in [6.45, 7) is 2.00. The molecule has 2 atom stereocenters. The van der Waals surface area contributed by atoms with Crippen LogP contribution >= 0.6 is 0 Å². The van der Waals surface area contributed by atoms with Crippen LogP contribution in [0.4, 0.5) is 26.3 Å². The third kappa shape index (κ3) is 7.43. The molecule has 2 aromatic rings. The molecule has 33 heavy (non-hydrogen) atoms. The van der Waals surface area contributed by atoms with Gasteiger partial charge >= 0.3 is 12.6 Å². The molecule has 0 saturated heterocycles. The van der Waals surface area contributed by atoms with E-state index in [0.29, 0.717) is 16.7 Å². The van der Waals surface area contributed by atoms with Crippen LogP contribution in [0.5, 0.6) is 0 Å². The predicted molar refractivity (Wildman–Crippen MR) is 110 cm³/mol. The van der Waals surface area contributed by atoms with Gasteiger partial charge < -0.3 is 15.4 Å². The molecule has 1 amide bonds. The van der Waals surface area contributed by atoms with Gasteiger partial charge in [0.1, 0.15) is 11.8 Å². The Bertz CT molecular complexity index is 902. The Morgan fingerprint density at radius 1 is 1.06 bits per heavy atom. The van der Waals surface area contributed by atoms with Crippen molar-refractivity contribution in [2.45, 2.75) is 50.7 Å². The van der Waals surface area contributed by atoms with E-state index in [-0.39, 0.29) is 12.1 Å². The minimum atomic E-state index is -4.49. The Morgan fingerprint density at radius 3 is 2.12 bits per heavy atom. The van der Waals surface area contributed by atoms with Gasteiger partial charge in [-0.1, -0.05) is 30.3 Å². The normalized spacial score (nSPS) is 14.2. The largest absolute Gasteiger partial charge is 0.409 e. The molecule has 0 bridgehead atoms. The van der Waals surface area contributed by atoms with Crippen molar-refractivity contribution in [2.24, 2.45) is 0 Å². The van der Waals surface area contributed by atoms with Gasteiger partial charge in [0.25, 0.3) is 5.91 Å². The Kier molecular flexibility index (Phi) is 8.84. The van der Waals surface area contributed by atoms with Gasteiger partial charge in [-0.2, -0.15) is 22.0 Å². The summed E-state index contributed by atoms with van der Waals surface area (Å²) in [6.07, 6.45) is -7.29. The van der Waals surface area contributed by atoms with E-state index in [1.54, 1.807) is 24.3 Å². The number of amides is 1. The summed E-state index contributed by atoms with van der Waals surface area (Å²) >= 11 is 0. The van der Waals surface area contributed by atoms with Crippen molar-refractivity contribution in [1.29, 1.82) is 0 Å². The van der Waals surface area contributed by atoms with Gasteiger partial charge in [0, 0.05) is 18.2 Å². The van der Waals surface area contributed by atoms with E-state index in [2.05, 4.69) is 15.6 Å². The van der Waals surface area contributed by atoms with E-state index >= 15 is 0 Å². The highest BCUT2D eigenvalue weighted by Crippen LogP contribution is 2.33. The first-order valence-electron chi connectivity index (χ1n) is 10.0. The lowest BCUT2D eigenvalue weighted by molar-refractivity contribution is -0.157. The van der Waals surface area contributed by atoms with Gasteiger partial charge in [-0.25, -0.2) is 0 Å². The van der Waals surface area contributed by atoms with E-state index < -0.39 is 43.1 Å². The van der Waals surface area contributed by atoms with Crippen LogP contribution in [-0.2, 0) is 9.53 Å². The molecule has 11 heteroatoms. The first-order chi connectivity index (χ1) is 15.4. The van der Waals surface area contributed by atoms with Gasteiger partial charge in [-0.15, -0.1) is 0 Å². The zero-order chi connectivity index (χ0) is 24.8. The lowest BCUT2D eigenvalue weighted by Gasteiger charge is -2.31. The summed E-state index contributed by atoms with van der Waals surface area (Å²) in [7, 11) is 1.20. The Labute approximate surface area is 187 Å². The van der Waals surface area contributed by atoms with Crippen molar-refractivity contribution < 1.29 is 35.9 Å². The molecule has 182 valence electrons. The fourth-order valence-electron chi connectivity index (χ4n) is 3.25. The number of nitrogens with zero attached hydrogens (tertiary/aromatic N) is 1. The van der Waals surface area contributed by atoms with Crippen molar-refractivity contribution in [3.8, 4) is 11.1 Å². The number of hydrogen-bond donors (Lipinski definition) is 2. The predicted octanol–water partition coefficient (Wildman–Crippen LogP) is 5.11. The Balaban J connectivity index is 2.18. The van der Waals surface area contributed by atoms with Crippen molar-refractivity contribution in [1.82, 2.24) is 15.6 Å². The highest BCUT2D eigenvalue weighted by molar-refractivity contribution is 5.79. The molecule has 5 nitrogen and oxygen atoms in total. The van der Waals surface area contributed by atoms with E-state index in [1.165, 1.54) is 39.2 Å². The molecule has 0 fully saturated rings. The molecule has 0 radical (unpaired) electrons. The molecule has 1 unspecified atom stereocenters. The molecule has 0 aliphatic rings. The molecule has 2 rings (SSSR count). The maximum absolute atomic E-state index is 13.1. The minimum absolute atomic E-state index is 0.0770. The summed E-state index contributed by atoms with van der Waals surface area (Å²) in [5.41, 5.74) is 0.0982. The minimum Gasteiger partial charge on any atom is -0.348 e. The van der Waals surface area contributed by atoms with Gasteiger partial charge in [-0.05, 0) is 38.1 Å². The maximum atomic E-state index is 13.1. The van der Waals surface area contributed by atoms with E-state index in [0.717, 1.165) is 0 Å². The molecule has 0 saturated carbocycles. The van der Waals surface area contributed by atoms with Gasteiger partial charge in [0.2, 0.25) is 0 Å². The summed E-state index contributed by atoms with van der Waals surface area (Å²) in [5, 5.41) is 4.24. The van der Waals surface area contributed by atoms with Crippen molar-refractivity contribution >= 4 is 5.91 Å². The quantitative estimate of drug-likeness (QED) is 0.369. The van der Waals surface area contributed by atoms with Gasteiger partial charge in [0.15, 0.2) is 0 Å². The number of halogens is 6. The summed E-state index contributed by atoms with van der Waals surface area (Å²) in [6, 6.07) is 7.46. The molecule has 0 aliphatic carbocycles. The molecule has 1 aromatic heterocycles. The summed E-state index contributed by atoms with van der Waals surface area (Å²) in [5.74, 6) is -1.50. The second-order valence-corrected chi connectivity index (χ2v) is 7.74. The third-order valence-electron chi connectivity index (χ3n) is 4.74. The van der Waals surface area contributed by atoms with Gasteiger partial charge in [0.05, 0.1) is 18.5 Å². The molecule has 0 spiro atoms. The SMILES string of the molecule is CNC(c1ccc(-c2ccc([C@H](CCF)OC(C)(C)NC(=O)C(F)F)cc2)cn1)C(F)(F)F. The van der Waals surface area contributed by atoms with Crippen LogP contribution in [-0.4, -0.2) is 42.9 Å². The molecule has 0 aliphatic heterocycles. The fraction of sp³-hybridized carbons (Fsp3) is 0.455. The molecule has 1 aromatic carbocycles. The van der Waals surface area contributed by atoms with Crippen LogP contribution in [0.2, 0.25) is 0 Å². The van der Waals surface area contributed by atoms with Crippen LogP contribution in [0.1, 0.15) is 43.7 Å². The highest BCUT2D eigenvalue weighted by Gasteiger charge is 2.40. The number of carbonyl (C=O) groups excluding carboxylic acids is 1. The zero-order valence-electron chi connectivity index (χ0n) is 18.2.